The fourth-order valence-electron chi connectivity index (χ4n) is 3.87. The monoisotopic (exact) mass is 421 g/mol. The SMILES string of the molecule is CN1C(=O)c2ccc(C(=O)N(CC3CCCO3)c3nc4ccccc4s3)cc2C1=O. The second-order valence-corrected chi connectivity index (χ2v) is 8.45. The highest BCUT2D eigenvalue weighted by atomic mass is 32.1. The van der Waals surface area contributed by atoms with E-state index < -0.39 is 5.91 Å². The molecule has 30 heavy (non-hydrogen) atoms. The highest BCUT2D eigenvalue weighted by Gasteiger charge is 2.34. The smallest absolute Gasteiger partial charge is 0.261 e. The third kappa shape index (κ3) is 3.09. The molecule has 3 amide bonds. The van der Waals surface area contributed by atoms with Crippen LogP contribution in [0.5, 0.6) is 0 Å². The average molecular weight is 421 g/mol. The zero-order valence-electron chi connectivity index (χ0n) is 16.3. The first-order valence-electron chi connectivity index (χ1n) is 9.78. The van der Waals surface area contributed by atoms with Crippen molar-refractivity contribution < 1.29 is 19.1 Å². The van der Waals surface area contributed by atoms with Crippen LogP contribution in [0.3, 0.4) is 0 Å². The van der Waals surface area contributed by atoms with Gasteiger partial charge in [0.15, 0.2) is 5.13 Å². The van der Waals surface area contributed by atoms with Gasteiger partial charge in [0.2, 0.25) is 0 Å². The molecule has 2 aromatic carbocycles. The van der Waals surface area contributed by atoms with E-state index in [1.54, 1.807) is 17.0 Å². The van der Waals surface area contributed by atoms with Crippen molar-refractivity contribution in [3.8, 4) is 0 Å². The highest BCUT2D eigenvalue weighted by Crippen LogP contribution is 2.31. The summed E-state index contributed by atoms with van der Waals surface area (Å²) in [6, 6.07) is 12.4. The van der Waals surface area contributed by atoms with Crippen LogP contribution in [0.1, 0.15) is 43.9 Å². The number of amides is 3. The Hall–Kier alpha value is -3.10. The van der Waals surface area contributed by atoms with Crippen molar-refractivity contribution in [2.24, 2.45) is 0 Å². The Morgan fingerprint density at radius 3 is 2.77 bits per heavy atom. The Bertz CT molecular complexity index is 1150. The standard InChI is InChI=1S/C22H19N3O4S/c1-24-20(27)15-9-8-13(11-16(15)21(24)28)19(26)25(12-14-5-4-10-29-14)22-23-17-6-2-3-7-18(17)30-22/h2-3,6-9,11,14H,4-5,10,12H2,1H3. The van der Waals surface area contributed by atoms with Gasteiger partial charge >= 0.3 is 0 Å². The first kappa shape index (κ1) is 18.9. The van der Waals surface area contributed by atoms with Gasteiger partial charge in [0.05, 0.1) is 34.0 Å². The Labute approximate surface area is 176 Å². The Balaban J connectivity index is 1.53. The molecule has 2 aliphatic heterocycles. The van der Waals surface area contributed by atoms with Crippen molar-refractivity contribution in [3.63, 3.8) is 0 Å². The lowest BCUT2D eigenvalue weighted by atomic mass is 10.0. The zero-order chi connectivity index (χ0) is 20.8. The molecule has 1 saturated heterocycles. The molecule has 8 heteroatoms. The molecule has 0 radical (unpaired) electrons. The van der Waals surface area contributed by atoms with Crippen LogP contribution in [0.15, 0.2) is 42.5 Å². The summed E-state index contributed by atoms with van der Waals surface area (Å²) in [5.74, 6) is -1.01. The fraction of sp³-hybridized carbons (Fsp3) is 0.273. The first-order valence-corrected chi connectivity index (χ1v) is 10.6. The van der Waals surface area contributed by atoms with Crippen LogP contribution in [0.25, 0.3) is 10.2 Å². The molecule has 1 unspecified atom stereocenters. The number of ether oxygens (including phenoxy) is 1. The van der Waals surface area contributed by atoms with Crippen LogP contribution in [0, 0.1) is 0 Å². The van der Waals surface area contributed by atoms with Gasteiger partial charge < -0.3 is 4.74 Å². The number of hydrogen-bond donors (Lipinski definition) is 0. The van der Waals surface area contributed by atoms with E-state index in [1.807, 2.05) is 24.3 Å². The Kier molecular flexibility index (Phi) is 4.60. The maximum atomic E-state index is 13.5. The summed E-state index contributed by atoms with van der Waals surface area (Å²) in [6.45, 7) is 1.08. The summed E-state index contributed by atoms with van der Waals surface area (Å²) in [5.41, 5.74) is 1.76. The fourth-order valence-corrected chi connectivity index (χ4v) is 4.84. The molecule has 0 aliphatic carbocycles. The molecule has 0 N–H and O–H groups in total. The van der Waals surface area contributed by atoms with Crippen LogP contribution in [-0.2, 0) is 4.74 Å². The molecule has 7 nitrogen and oxygen atoms in total. The number of imide groups is 1. The molecule has 152 valence electrons. The second kappa shape index (κ2) is 7.30. The van der Waals surface area contributed by atoms with E-state index in [4.69, 9.17) is 4.74 Å². The summed E-state index contributed by atoms with van der Waals surface area (Å²) in [5, 5.41) is 0.594. The van der Waals surface area contributed by atoms with Crippen LogP contribution in [0.2, 0.25) is 0 Å². The van der Waals surface area contributed by atoms with Gasteiger partial charge in [0.25, 0.3) is 17.7 Å². The molecule has 0 saturated carbocycles. The molecule has 1 fully saturated rings. The number of nitrogens with zero attached hydrogens (tertiary/aromatic N) is 3. The summed E-state index contributed by atoms with van der Waals surface area (Å²) >= 11 is 1.45. The summed E-state index contributed by atoms with van der Waals surface area (Å²) in [6.07, 6.45) is 1.80. The molecule has 3 heterocycles. The molecule has 1 aromatic heterocycles. The average Bonchev–Trinajstić information content (AvgIpc) is 3.48. The van der Waals surface area contributed by atoms with E-state index in [9.17, 15) is 14.4 Å². The van der Waals surface area contributed by atoms with E-state index in [2.05, 4.69) is 4.98 Å². The Morgan fingerprint density at radius 2 is 2.00 bits per heavy atom. The van der Waals surface area contributed by atoms with Crippen molar-refractivity contribution in [2.75, 3.05) is 25.1 Å². The van der Waals surface area contributed by atoms with Gasteiger partial charge in [0.1, 0.15) is 0 Å². The minimum atomic E-state index is -0.393. The van der Waals surface area contributed by atoms with Crippen LogP contribution in [-0.4, -0.2) is 53.9 Å². The van der Waals surface area contributed by atoms with Gasteiger partial charge in [-0.3, -0.25) is 24.2 Å². The maximum Gasteiger partial charge on any atom is 0.261 e. The lowest BCUT2D eigenvalue weighted by Gasteiger charge is -2.23. The molecular formula is C22H19N3O4S. The molecule has 1 atom stereocenters. The minimum Gasteiger partial charge on any atom is -0.376 e. The predicted molar refractivity (Wildman–Crippen MR) is 113 cm³/mol. The number of para-hydroxylation sites is 1. The lowest BCUT2D eigenvalue weighted by Crippen LogP contribution is -2.37. The van der Waals surface area contributed by atoms with Crippen molar-refractivity contribution in [1.29, 1.82) is 0 Å². The number of carbonyl (C=O) groups excluding carboxylic acids is 3. The number of benzene rings is 2. The van der Waals surface area contributed by atoms with Gasteiger partial charge in [-0.25, -0.2) is 4.98 Å². The van der Waals surface area contributed by atoms with Gasteiger partial charge in [-0.05, 0) is 43.2 Å². The zero-order valence-corrected chi connectivity index (χ0v) is 17.1. The van der Waals surface area contributed by atoms with Gasteiger partial charge in [0, 0.05) is 19.2 Å². The molecule has 0 spiro atoms. The number of aromatic nitrogens is 1. The molecule has 5 rings (SSSR count). The summed E-state index contributed by atoms with van der Waals surface area (Å²) in [4.78, 5) is 45.4. The molecule has 0 bridgehead atoms. The molecule has 3 aromatic rings. The van der Waals surface area contributed by atoms with E-state index in [0.717, 1.165) is 28.0 Å². The first-order chi connectivity index (χ1) is 14.5. The topological polar surface area (TPSA) is 79.8 Å². The summed E-state index contributed by atoms with van der Waals surface area (Å²) in [7, 11) is 1.44. The number of thiazole rings is 1. The van der Waals surface area contributed by atoms with Crippen LogP contribution in [0.4, 0.5) is 5.13 Å². The number of carbonyl (C=O) groups is 3. The molecular weight excluding hydrogens is 402 g/mol. The highest BCUT2D eigenvalue weighted by molar-refractivity contribution is 7.22. The van der Waals surface area contributed by atoms with E-state index in [0.29, 0.717) is 29.4 Å². The minimum absolute atomic E-state index is 0.0512. The molecule has 2 aliphatic rings. The lowest BCUT2D eigenvalue weighted by molar-refractivity contribution is 0.0693. The van der Waals surface area contributed by atoms with Crippen LogP contribution < -0.4 is 4.90 Å². The number of fused-ring (bicyclic) bond motifs is 2. The third-order valence-corrected chi connectivity index (χ3v) is 6.56. The maximum absolute atomic E-state index is 13.5. The third-order valence-electron chi connectivity index (χ3n) is 5.51. The van der Waals surface area contributed by atoms with Gasteiger partial charge in [-0.15, -0.1) is 0 Å². The van der Waals surface area contributed by atoms with E-state index in [-0.39, 0.29) is 23.5 Å². The second-order valence-electron chi connectivity index (χ2n) is 7.44. The van der Waals surface area contributed by atoms with Crippen molar-refractivity contribution in [1.82, 2.24) is 9.88 Å². The predicted octanol–water partition coefficient (Wildman–Crippen LogP) is 3.35. The number of hydrogen-bond acceptors (Lipinski definition) is 6. The quantitative estimate of drug-likeness (QED) is 0.604. The largest absolute Gasteiger partial charge is 0.376 e. The van der Waals surface area contributed by atoms with Crippen LogP contribution >= 0.6 is 11.3 Å². The number of anilines is 1. The van der Waals surface area contributed by atoms with Crippen molar-refractivity contribution >= 4 is 44.4 Å². The summed E-state index contributed by atoms with van der Waals surface area (Å²) < 4.78 is 6.76. The van der Waals surface area contributed by atoms with Gasteiger partial charge in [-0.1, -0.05) is 23.5 Å². The Morgan fingerprint density at radius 1 is 1.20 bits per heavy atom. The van der Waals surface area contributed by atoms with E-state index in [1.165, 1.54) is 24.5 Å². The van der Waals surface area contributed by atoms with Crippen molar-refractivity contribution in [2.45, 2.75) is 18.9 Å². The number of rotatable bonds is 4. The normalized spacial score (nSPS) is 18.3. The van der Waals surface area contributed by atoms with Gasteiger partial charge in [-0.2, -0.15) is 0 Å². The van der Waals surface area contributed by atoms with E-state index >= 15 is 0 Å². The van der Waals surface area contributed by atoms with Crippen molar-refractivity contribution in [3.05, 3.63) is 59.2 Å².